The van der Waals surface area contributed by atoms with Crippen LogP contribution in [0.5, 0.6) is 0 Å². The van der Waals surface area contributed by atoms with E-state index >= 15 is 0 Å². The maximum absolute atomic E-state index is 12.6. The number of halogens is 3. The molecule has 1 heterocycles. The van der Waals surface area contributed by atoms with Gasteiger partial charge >= 0.3 is 6.18 Å². The fourth-order valence-electron chi connectivity index (χ4n) is 2.86. The highest BCUT2D eigenvalue weighted by molar-refractivity contribution is 5.78. The normalized spacial score (nSPS) is 17.4. The van der Waals surface area contributed by atoms with E-state index in [1.54, 1.807) is 0 Å². The zero-order valence-corrected chi connectivity index (χ0v) is 14.6. The van der Waals surface area contributed by atoms with Crippen LogP contribution in [0.3, 0.4) is 0 Å². The molecule has 1 aromatic rings. The van der Waals surface area contributed by atoms with Crippen molar-refractivity contribution in [2.24, 2.45) is 11.8 Å². The molecule has 1 atom stereocenters. The van der Waals surface area contributed by atoms with Crippen molar-refractivity contribution in [1.29, 1.82) is 0 Å². The molecule has 0 unspecified atom stereocenters. The second kappa shape index (κ2) is 8.56. The van der Waals surface area contributed by atoms with Crippen LogP contribution in [-0.2, 0) is 11.0 Å². The van der Waals surface area contributed by atoms with E-state index in [9.17, 15) is 18.0 Å². The Morgan fingerprint density at radius 1 is 1.20 bits per heavy atom. The predicted octanol–water partition coefficient (Wildman–Crippen LogP) is 3.26. The van der Waals surface area contributed by atoms with Crippen molar-refractivity contribution in [2.45, 2.75) is 38.9 Å². The minimum Gasteiger partial charge on any atom is -0.380 e. The molecule has 1 aliphatic heterocycles. The molecule has 0 radical (unpaired) electrons. The van der Waals surface area contributed by atoms with Gasteiger partial charge in [-0.25, -0.2) is 0 Å². The lowest BCUT2D eigenvalue weighted by Gasteiger charge is -2.26. The molecule has 3 N–H and O–H groups in total. The molecule has 140 valence electrons. The summed E-state index contributed by atoms with van der Waals surface area (Å²) in [5.41, 5.74) is -0.0545. The third-order valence-corrected chi connectivity index (χ3v) is 4.58. The number of benzene rings is 1. The van der Waals surface area contributed by atoms with E-state index in [-0.39, 0.29) is 23.8 Å². The number of nitrogens with one attached hydrogen (secondary N) is 3. The molecule has 1 saturated heterocycles. The largest absolute Gasteiger partial charge is 0.416 e. The quantitative estimate of drug-likeness (QED) is 0.733. The second-order valence-corrected chi connectivity index (χ2v) is 6.84. The maximum atomic E-state index is 12.6. The third-order valence-electron chi connectivity index (χ3n) is 4.58. The van der Waals surface area contributed by atoms with E-state index in [0.717, 1.165) is 38.1 Å². The minimum absolute atomic E-state index is 0.0418. The Kier molecular flexibility index (Phi) is 6.70. The molecule has 0 spiro atoms. The maximum Gasteiger partial charge on any atom is 0.416 e. The second-order valence-electron chi connectivity index (χ2n) is 6.84. The molecule has 0 aromatic heterocycles. The van der Waals surface area contributed by atoms with E-state index in [1.165, 1.54) is 12.1 Å². The van der Waals surface area contributed by atoms with Crippen molar-refractivity contribution in [3.05, 3.63) is 29.8 Å². The zero-order chi connectivity index (χ0) is 18.4. The van der Waals surface area contributed by atoms with Gasteiger partial charge in [-0.15, -0.1) is 0 Å². The Hall–Kier alpha value is -1.76. The summed E-state index contributed by atoms with van der Waals surface area (Å²) in [5.74, 6) is 0.317. The molecule has 25 heavy (non-hydrogen) atoms. The smallest absolute Gasteiger partial charge is 0.380 e. The Balaban J connectivity index is 1.90. The topological polar surface area (TPSA) is 53.2 Å². The summed E-state index contributed by atoms with van der Waals surface area (Å²) in [5, 5.41) is 9.43. The first kappa shape index (κ1) is 19.6. The van der Waals surface area contributed by atoms with Crippen molar-refractivity contribution in [3.8, 4) is 0 Å². The Labute approximate surface area is 146 Å². The number of piperidine rings is 1. The number of carbonyl (C=O) groups excluding carboxylic acids is 1. The lowest BCUT2D eigenvalue weighted by atomic mass is 9.96. The number of carbonyl (C=O) groups is 1. The lowest BCUT2D eigenvalue weighted by Crippen LogP contribution is -2.44. The molecule has 2 rings (SSSR count). The standard InChI is InChI=1S/C18H26F3N3O/c1-12(2)16(11-23-17(25)13-7-9-22-10-8-13)24-15-5-3-14(4-6-15)18(19,20)21/h3-6,12-13,16,22,24H,7-11H2,1-2H3,(H,23,25)/t16-/m0/s1. The van der Waals surface area contributed by atoms with Gasteiger partial charge in [0.15, 0.2) is 0 Å². The number of anilines is 1. The van der Waals surface area contributed by atoms with Crippen LogP contribution < -0.4 is 16.0 Å². The average Bonchev–Trinajstić information content (AvgIpc) is 2.58. The van der Waals surface area contributed by atoms with Crippen LogP contribution in [0.25, 0.3) is 0 Å². The summed E-state index contributed by atoms with van der Waals surface area (Å²) < 4.78 is 37.9. The van der Waals surface area contributed by atoms with Crippen LogP contribution in [0.4, 0.5) is 18.9 Å². The fraction of sp³-hybridized carbons (Fsp3) is 0.611. The first-order valence-corrected chi connectivity index (χ1v) is 8.69. The van der Waals surface area contributed by atoms with Gasteiger partial charge in [0.05, 0.1) is 5.56 Å². The van der Waals surface area contributed by atoms with Crippen molar-refractivity contribution < 1.29 is 18.0 Å². The first-order valence-electron chi connectivity index (χ1n) is 8.69. The fourth-order valence-corrected chi connectivity index (χ4v) is 2.86. The predicted molar refractivity (Wildman–Crippen MR) is 92.3 cm³/mol. The summed E-state index contributed by atoms with van der Waals surface area (Å²) in [7, 11) is 0. The number of rotatable bonds is 6. The van der Waals surface area contributed by atoms with Crippen molar-refractivity contribution >= 4 is 11.6 Å². The van der Waals surface area contributed by atoms with Crippen LogP contribution in [0.2, 0.25) is 0 Å². The molecule has 0 bridgehead atoms. The molecule has 1 aliphatic rings. The van der Waals surface area contributed by atoms with Gasteiger partial charge in [-0.1, -0.05) is 13.8 Å². The van der Waals surface area contributed by atoms with Crippen LogP contribution in [0.15, 0.2) is 24.3 Å². The van der Waals surface area contributed by atoms with Gasteiger partial charge in [0.1, 0.15) is 0 Å². The molecule has 1 amide bonds. The van der Waals surface area contributed by atoms with Crippen molar-refractivity contribution in [3.63, 3.8) is 0 Å². The SMILES string of the molecule is CC(C)[C@H](CNC(=O)C1CCNCC1)Nc1ccc(C(F)(F)F)cc1. The molecule has 1 aromatic carbocycles. The summed E-state index contributed by atoms with van der Waals surface area (Å²) in [6.45, 7) is 6.18. The van der Waals surface area contributed by atoms with Crippen LogP contribution in [0, 0.1) is 11.8 Å². The van der Waals surface area contributed by atoms with Gasteiger partial charge in [0.25, 0.3) is 0 Å². The van der Waals surface area contributed by atoms with Crippen molar-refractivity contribution in [2.75, 3.05) is 25.0 Å². The Morgan fingerprint density at radius 3 is 2.32 bits per heavy atom. The lowest BCUT2D eigenvalue weighted by molar-refractivity contribution is -0.137. The minimum atomic E-state index is -4.33. The molecule has 0 saturated carbocycles. The van der Waals surface area contributed by atoms with Gasteiger partial charge in [-0.05, 0) is 56.1 Å². The summed E-state index contributed by atoms with van der Waals surface area (Å²) in [6, 6.07) is 4.92. The third kappa shape index (κ3) is 5.92. The van der Waals surface area contributed by atoms with E-state index in [2.05, 4.69) is 16.0 Å². The molecule has 4 nitrogen and oxygen atoms in total. The highest BCUT2D eigenvalue weighted by Gasteiger charge is 2.30. The number of hydrogen-bond donors (Lipinski definition) is 3. The highest BCUT2D eigenvalue weighted by atomic mass is 19.4. The monoisotopic (exact) mass is 357 g/mol. The number of amides is 1. The Morgan fingerprint density at radius 2 is 1.80 bits per heavy atom. The van der Waals surface area contributed by atoms with E-state index < -0.39 is 11.7 Å². The zero-order valence-electron chi connectivity index (χ0n) is 14.6. The summed E-state index contributed by atoms with van der Waals surface area (Å²) in [6.07, 6.45) is -2.66. The average molecular weight is 357 g/mol. The molecule has 1 fully saturated rings. The van der Waals surface area contributed by atoms with Crippen LogP contribution in [0.1, 0.15) is 32.3 Å². The molecular weight excluding hydrogens is 331 g/mol. The van der Waals surface area contributed by atoms with E-state index in [1.807, 2.05) is 13.8 Å². The Bertz CT molecular complexity index is 552. The van der Waals surface area contributed by atoms with Crippen molar-refractivity contribution in [1.82, 2.24) is 10.6 Å². The first-order chi connectivity index (χ1) is 11.8. The molecule has 0 aliphatic carbocycles. The van der Waals surface area contributed by atoms with E-state index in [4.69, 9.17) is 0 Å². The highest BCUT2D eigenvalue weighted by Crippen LogP contribution is 2.30. The number of hydrogen-bond acceptors (Lipinski definition) is 3. The van der Waals surface area contributed by atoms with Gasteiger partial charge < -0.3 is 16.0 Å². The van der Waals surface area contributed by atoms with Crippen LogP contribution in [-0.4, -0.2) is 31.6 Å². The van der Waals surface area contributed by atoms with Gasteiger partial charge in [0, 0.05) is 24.2 Å². The molecule has 7 heteroatoms. The summed E-state index contributed by atoms with van der Waals surface area (Å²) in [4.78, 5) is 12.2. The number of alkyl halides is 3. The summed E-state index contributed by atoms with van der Waals surface area (Å²) >= 11 is 0. The van der Waals surface area contributed by atoms with Crippen LogP contribution >= 0.6 is 0 Å². The van der Waals surface area contributed by atoms with E-state index in [0.29, 0.717) is 12.2 Å². The molecular formula is C18H26F3N3O. The van der Waals surface area contributed by atoms with Gasteiger partial charge in [-0.3, -0.25) is 4.79 Å². The van der Waals surface area contributed by atoms with Gasteiger partial charge in [-0.2, -0.15) is 13.2 Å². The van der Waals surface area contributed by atoms with Gasteiger partial charge in [0.2, 0.25) is 5.91 Å².